The minimum atomic E-state index is -1.27. The third-order valence-corrected chi connectivity index (χ3v) is 1.54. The zero-order valence-electron chi connectivity index (χ0n) is 6.26. The van der Waals surface area contributed by atoms with Gasteiger partial charge in [0.25, 0.3) is 5.56 Å². The van der Waals surface area contributed by atoms with Gasteiger partial charge in [-0.1, -0.05) is 5.21 Å². The van der Waals surface area contributed by atoms with Gasteiger partial charge in [0.05, 0.1) is 0 Å². The van der Waals surface area contributed by atoms with Crippen LogP contribution in [0.3, 0.4) is 0 Å². The van der Waals surface area contributed by atoms with Crippen LogP contribution in [0.1, 0.15) is 10.5 Å². The van der Waals surface area contributed by atoms with E-state index in [0.717, 1.165) is 4.52 Å². The number of fused-ring (bicyclic) bond motifs is 1. The van der Waals surface area contributed by atoms with Crippen molar-refractivity contribution in [3.05, 3.63) is 28.4 Å². The van der Waals surface area contributed by atoms with Gasteiger partial charge in [0.2, 0.25) is 5.69 Å². The van der Waals surface area contributed by atoms with E-state index < -0.39 is 11.5 Å². The van der Waals surface area contributed by atoms with E-state index in [2.05, 4.69) is 15.3 Å². The molecule has 2 heterocycles. The maximum absolute atomic E-state index is 11.1. The van der Waals surface area contributed by atoms with Gasteiger partial charge in [-0.15, -0.1) is 5.10 Å². The van der Waals surface area contributed by atoms with Crippen LogP contribution >= 0.6 is 0 Å². The second-order valence-electron chi connectivity index (χ2n) is 2.33. The number of carbonyl (C=O) groups is 1. The van der Waals surface area contributed by atoms with Gasteiger partial charge in [0.15, 0.2) is 5.52 Å². The number of carboxylic acids is 1. The molecule has 2 aromatic heterocycles. The van der Waals surface area contributed by atoms with E-state index in [1.165, 1.54) is 12.4 Å². The van der Waals surface area contributed by atoms with Crippen LogP contribution in [0.25, 0.3) is 5.52 Å². The highest BCUT2D eigenvalue weighted by Gasteiger charge is 2.15. The fourth-order valence-corrected chi connectivity index (χ4v) is 1.01. The molecule has 2 rings (SSSR count). The van der Waals surface area contributed by atoms with Gasteiger partial charge in [-0.05, 0) is 0 Å². The van der Waals surface area contributed by atoms with Gasteiger partial charge in [-0.2, -0.15) is 0 Å². The van der Waals surface area contributed by atoms with Gasteiger partial charge in [-0.3, -0.25) is 4.79 Å². The molecule has 7 nitrogen and oxygen atoms in total. The Balaban J connectivity index is 2.95. The normalized spacial score (nSPS) is 10.5. The molecule has 0 atom stereocenters. The summed E-state index contributed by atoms with van der Waals surface area (Å²) in [5.41, 5.74) is -0.929. The molecule has 0 aliphatic rings. The van der Waals surface area contributed by atoms with E-state index in [1.807, 2.05) is 0 Å². The molecule has 0 spiro atoms. The number of nitrogens with one attached hydrogen (secondary N) is 1. The van der Waals surface area contributed by atoms with Crippen LogP contribution in [-0.4, -0.2) is 30.9 Å². The molecule has 0 fully saturated rings. The largest absolute Gasteiger partial charge is 0.476 e. The molecule has 0 saturated heterocycles. The molecule has 0 aromatic carbocycles. The first-order valence-corrected chi connectivity index (χ1v) is 3.36. The van der Waals surface area contributed by atoms with E-state index in [4.69, 9.17) is 5.11 Å². The Bertz CT molecular complexity index is 526. The van der Waals surface area contributed by atoms with Crippen molar-refractivity contribution in [3.8, 4) is 0 Å². The second kappa shape index (κ2) is 2.41. The molecular formula is C6H4N4O3. The number of hydrogen-bond donors (Lipinski definition) is 2. The molecule has 0 saturated carbocycles. The molecule has 66 valence electrons. The summed E-state index contributed by atoms with van der Waals surface area (Å²) in [6.45, 7) is 0. The number of H-pyrrole nitrogens is 1. The summed E-state index contributed by atoms with van der Waals surface area (Å²) in [7, 11) is 0. The van der Waals surface area contributed by atoms with Crippen LogP contribution in [-0.2, 0) is 0 Å². The summed E-state index contributed by atoms with van der Waals surface area (Å²) in [6.07, 6.45) is 2.77. The Morgan fingerprint density at radius 3 is 3.08 bits per heavy atom. The third kappa shape index (κ3) is 0.975. The predicted molar refractivity (Wildman–Crippen MR) is 40.6 cm³/mol. The molecular weight excluding hydrogens is 176 g/mol. The number of aromatic amines is 1. The number of hydrogen-bond acceptors (Lipinski definition) is 4. The van der Waals surface area contributed by atoms with E-state index in [0.29, 0.717) is 0 Å². The Morgan fingerprint density at radius 2 is 2.38 bits per heavy atom. The Labute approximate surface area is 70.6 Å². The smallest absolute Gasteiger partial charge is 0.358 e. The topological polar surface area (TPSA) is 100 Å². The van der Waals surface area contributed by atoms with Gasteiger partial charge in [0.1, 0.15) is 0 Å². The third-order valence-electron chi connectivity index (χ3n) is 1.54. The van der Waals surface area contributed by atoms with Gasteiger partial charge in [0, 0.05) is 12.4 Å². The maximum atomic E-state index is 11.1. The summed E-state index contributed by atoms with van der Waals surface area (Å²) in [6, 6.07) is 0. The molecule has 0 radical (unpaired) electrons. The zero-order valence-corrected chi connectivity index (χ0v) is 6.26. The molecule has 0 unspecified atom stereocenters. The minimum absolute atomic E-state index is 0.0602. The average Bonchev–Trinajstić information content (AvgIpc) is 2.49. The van der Waals surface area contributed by atoms with Crippen molar-refractivity contribution in [3.63, 3.8) is 0 Å². The van der Waals surface area contributed by atoms with E-state index >= 15 is 0 Å². The highest BCUT2D eigenvalue weighted by Crippen LogP contribution is 1.99. The van der Waals surface area contributed by atoms with Crippen molar-refractivity contribution < 1.29 is 9.90 Å². The summed E-state index contributed by atoms with van der Waals surface area (Å²) in [5.74, 6) is -1.27. The van der Waals surface area contributed by atoms with Gasteiger partial charge in [-0.25, -0.2) is 9.31 Å². The molecule has 0 aliphatic carbocycles. The second-order valence-corrected chi connectivity index (χ2v) is 2.33. The Kier molecular flexibility index (Phi) is 1.38. The van der Waals surface area contributed by atoms with Crippen molar-refractivity contribution in [1.82, 2.24) is 19.8 Å². The summed E-state index contributed by atoms with van der Waals surface area (Å²) in [5, 5.41) is 15.4. The first kappa shape index (κ1) is 7.47. The first-order chi connectivity index (χ1) is 6.20. The van der Waals surface area contributed by atoms with Crippen molar-refractivity contribution in [2.45, 2.75) is 0 Å². The lowest BCUT2D eigenvalue weighted by Crippen LogP contribution is -2.11. The molecule has 0 aliphatic heterocycles. The predicted octanol–water partition coefficient (Wildman–Crippen LogP) is -0.884. The highest BCUT2D eigenvalue weighted by molar-refractivity contribution is 5.92. The average molecular weight is 180 g/mol. The highest BCUT2D eigenvalue weighted by atomic mass is 16.4. The summed E-state index contributed by atoms with van der Waals surface area (Å²) >= 11 is 0. The van der Waals surface area contributed by atoms with Crippen molar-refractivity contribution in [1.29, 1.82) is 0 Å². The number of nitrogens with zero attached hydrogens (tertiary/aromatic N) is 3. The van der Waals surface area contributed by atoms with Gasteiger partial charge < -0.3 is 10.1 Å². The number of carboxylic acid groups (broad SMARTS) is 1. The minimum Gasteiger partial charge on any atom is -0.476 e. The lowest BCUT2D eigenvalue weighted by molar-refractivity contribution is 0.0692. The standard InChI is InChI=1S/C6H4N4O3/c11-5-4-3(6(12)13)8-9-10(4)2-1-7-5/h1-2H,(H,7,11)(H,12,13). The fraction of sp³-hybridized carbons (Fsp3) is 0. The van der Waals surface area contributed by atoms with Crippen molar-refractivity contribution >= 4 is 11.5 Å². The molecule has 0 amide bonds. The zero-order chi connectivity index (χ0) is 9.42. The van der Waals surface area contributed by atoms with E-state index in [9.17, 15) is 9.59 Å². The molecule has 2 aromatic rings. The quantitative estimate of drug-likeness (QED) is 0.593. The number of rotatable bonds is 1. The molecule has 2 N–H and O–H groups in total. The van der Waals surface area contributed by atoms with Crippen molar-refractivity contribution in [2.24, 2.45) is 0 Å². The molecule has 0 bridgehead atoms. The lowest BCUT2D eigenvalue weighted by atomic mass is 10.4. The van der Waals surface area contributed by atoms with Crippen LogP contribution < -0.4 is 5.56 Å². The lowest BCUT2D eigenvalue weighted by Gasteiger charge is -1.88. The molecule has 7 heteroatoms. The molecule has 13 heavy (non-hydrogen) atoms. The van der Waals surface area contributed by atoms with E-state index in [-0.39, 0.29) is 11.2 Å². The van der Waals surface area contributed by atoms with Crippen LogP contribution in [0.15, 0.2) is 17.2 Å². The summed E-state index contributed by atoms with van der Waals surface area (Å²) in [4.78, 5) is 24.0. The SMILES string of the molecule is O=C(O)c1nnn2cc[nH]c(=O)c12. The van der Waals surface area contributed by atoms with Crippen molar-refractivity contribution in [2.75, 3.05) is 0 Å². The maximum Gasteiger partial charge on any atom is 0.358 e. The summed E-state index contributed by atoms with van der Waals surface area (Å²) < 4.78 is 1.11. The number of aromatic carboxylic acids is 1. The van der Waals surface area contributed by atoms with Crippen LogP contribution in [0.2, 0.25) is 0 Å². The number of aromatic nitrogens is 4. The monoisotopic (exact) mass is 180 g/mol. The fourth-order valence-electron chi connectivity index (χ4n) is 1.01. The van der Waals surface area contributed by atoms with Gasteiger partial charge >= 0.3 is 5.97 Å². The first-order valence-electron chi connectivity index (χ1n) is 3.36. The Hall–Kier alpha value is -2.18. The van der Waals surface area contributed by atoms with Crippen LogP contribution in [0.4, 0.5) is 0 Å². The van der Waals surface area contributed by atoms with Crippen LogP contribution in [0, 0.1) is 0 Å². The Morgan fingerprint density at radius 1 is 1.62 bits per heavy atom. The van der Waals surface area contributed by atoms with E-state index in [1.54, 1.807) is 0 Å². The van der Waals surface area contributed by atoms with Crippen LogP contribution in [0.5, 0.6) is 0 Å².